The highest BCUT2D eigenvalue weighted by Gasteiger charge is 2.07. The highest BCUT2D eigenvalue weighted by Crippen LogP contribution is 2.29. The van der Waals surface area contributed by atoms with Crippen LogP contribution in [0.25, 0.3) is 0 Å². The predicted molar refractivity (Wildman–Crippen MR) is 87.9 cm³/mol. The Morgan fingerprint density at radius 3 is 2.75 bits per heavy atom. The molecular weight excluding hydrogens is 270 g/mol. The standard InChI is InChI=1S/C16H23NO2S/c1-4-11-19-14-9-7-13(12-15(14)18-6-3)8-10-16(20)17-5-2/h4,7,9,12H,1,5-6,8,10-11H2,2-3H3,(H,17,20). The van der Waals surface area contributed by atoms with Gasteiger partial charge in [0, 0.05) is 13.0 Å². The SMILES string of the molecule is C=CCOc1ccc(CCC(=S)NCC)cc1OCC. The lowest BCUT2D eigenvalue weighted by Crippen LogP contribution is -2.20. The van der Waals surface area contributed by atoms with Gasteiger partial charge in [-0.15, -0.1) is 0 Å². The van der Waals surface area contributed by atoms with E-state index in [1.54, 1.807) is 6.08 Å². The van der Waals surface area contributed by atoms with Crippen LogP contribution in [0.3, 0.4) is 0 Å². The maximum atomic E-state index is 5.62. The van der Waals surface area contributed by atoms with Gasteiger partial charge < -0.3 is 14.8 Å². The summed E-state index contributed by atoms with van der Waals surface area (Å²) in [5.74, 6) is 1.53. The number of thiocarbonyl (C=S) groups is 1. The van der Waals surface area contributed by atoms with Crippen molar-refractivity contribution >= 4 is 17.2 Å². The second-order valence-electron chi connectivity index (χ2n) is 4.27. The Labute approximate surface area is 127 Å². The minimum atomic E-state index is 0.476. The van der Waals surface area contributed by atoms with Gasteiger partial charge in [0.25, 0.3) is 0 Å². The normalized spacial score (nSPS) is 9.90. The summed E-state index contributed by atoms with van der Waals surface area (Å²) in [5.41, 5.74) is 1.19. The Kier molecular flexibility index (Phi) is 7.73. The van der Waals surface area contributed by atoms with E-state index in [0.29, 0.717) is 13.2 Å². The maximum Gasteiger partial charge on any atom is 0.161 e. The quantitative estimate of drug-likeness (QED) is 0.557. The Morgan fingerprint density at radius 2 is 2.10 bits per heavy atom. The third-order valence-electron chi connectivity index (χ3n) is 2.68. The third-order valence-corrected chi connectivity index (χ3v) is 3.03. The molecule has 0 saturated carbocycles. The van der Waals surface area contributed by atoms with Crippen LogP contribution in [-0.2, 0) is 6.42 Å². The van der Waals surface area contributed by atoms with Crippen molar-refractivity contribution in [3.8, 4) is 11.5 Å². The first-order valence-electron chi connectivity index (χ1n) is 6.97. The minimum Gasteiger partial charge on any atom is -0.490 e. The fourth-order valence-electron chi connectivity index (χ4n) is 1.79. The van der Waals surface area contributed by atoms with Crippen LogP contribution in [0.5, 0.6) is 11.5 Å². The molecule has 0 unspecified atom stereocenters. The number of hydrogen-bond acceptors (Lipinski definition) is 3. The first kappa shape index (κ1) is 16.5. The van der Waals surface area contributed by atoms with Gasteiger partial charge in [0.05, 0.1) is 11.6 Å². The Morgan fingerprint density at radius 1 is 1.30 bits per heavy atom. The van der Waals surface area contributed by atoms with Crippen molar-refractivity contribution in [1.82, 2.24) is 5.32 Å². The van der Waals surface area contributed by atoms with Crippen molar-refractivity contribution in [3.63, 3.8) is 0 Å². The topological polar surface area (TPSA) is 30.5 Å². The van der Waals surface area contributed by atoms with E-state index in [2.05, 4.69) is 18.0 Å². The van der Waals surface area contributed by atoms with Gasteiger partial charge in [0.15, 0.2) is 11.5 Å². The Bertz CT molecular complexity index is 446. The number of benzene rings is 1. The van der Waals surface area contributed by atoms with E-state index in [9.17, 15) is 0 Å². The lowest BCUT2D eigenvalue weighted by Gasteiger charge is -2.13. The summed E-state index contributed by atoms with van der Waals surface area (Å²) in [6, 6.07) is 6.02. The molecule has 1 aromatic carbocycles. The van der Waals surface area contributed by atoms with Crippen LogP contribution in [0.2, 0.25) is 0 Å². The number of rotatable bonds is 9. The molecule has 0 aliphatic rings. The van der Waals surface area contributed by atoms with Crippen LogP contribution in [0.15, 0.2) is 30.9 Å². The first-order chi connectivity index (χ1) is 9.71. The molecule has 0 saturated heterocycles. The first-order valence-corrected chi connectivity index (χ1v) is 7.38. The zero-order valence-electron chi connectivity index (χ0n) is 12.3. The molecule has 1 aromatic rings. The summed E-state index contributed by atoms with van der Waals surface area (Å²) in [4.78, 5) is 0.900. The molecule has 0 fully saturated rings. The van der Waals surface area contributed by atoms with Crippen molar-refractivity contribution < 1.29 is 9.47 Å². The molecule has 0 bridgehead atoms. The smallest absolute Gasteiger partial charge is 0.161 e. The monoisotopic (exact) mass is 293 g/mol. The molecule has 110 valence electrons. The van der Waals surface area contributed by atoms with Crippen LogP contribution in [0, 0.1) is 0 Å². The van der Waals surface area contributed by atoms with Gasteiger partial charge in [-0.25, -0.2) is 0 Å². The highest BCUT2D eigenvalue weighted by molar-refractivity contribution is 7.80. The van der Waals surface area contributed by atoms with E-state index < -0.39 is 0 Å². The average Bonchev–Trinajstić information content (AvgIpc) is 2.45. The zero-order chi connectivity index (χ0) is 14.8. The van der Waals surface area contributed by atoms with Crippen molar-refractivity contribution in [1.29, 1.82) is 0 Å². The van der Waals surface area contributed by atoms with Gasteiger partial charge >= 0.3 is 0 Å². The minimum absolute atomic E-state index is 0.476. The highest BCUT2D eigenvalue weighted by atomic mass is 32.1. The molecule has 1 N–H and O–H groups in total. The van der Waals surface area contributed by atoms with Gasteiger partial charge in [-0.05, 0) is 38.0 Å². The third kappa shape index (κ3) is 5.61. The van der Waals surface area contributed by atoms with Crippen molar-refractivity contribution in [2.24, 2.45) is 0 Å². The lowest BCUT2D eigenvalue weighted by molar-refractivity contribution is 0.296. The molecular formula is C16H23NO2S. The fraction of sp³-hybridized carbons (Fsp3) is 0.438. The number of aryl methyl sites for hydroxylation is 1. The molecule has 3 nitrogen and oxygen atoms in total. The van der Waals surface area contributed by atoms with Crippen LogP contribution in [0.1, 0.15) is 25.8 Å². The number of ether oxygens (including phenoxy) is 2. The van der Waals surface area contributed by atoms with Crippen LogP contribution in [0.4, 0.5) is 0 Å². The van der Waals surface area contributed by atoms with Crippen LogP contribution in [-0.4, -0.2) is 24.7 Å². The lowest BCUT2D eigenvalue weighted by atomic mass is 10.1. The van der Waals surface area contributed by atoms with Crippen LogP contribution < -0.4 is 14.8 Å². The summed E-state index contributed by atoms with van der Waals surface area (Å²) < 4.78 is 11.2. The molecule has 0 spiro atoms. The Balaban J connectivity index is 2.70. The van der Waals surface area contributed by atoms with E-state index >= 15 is 0 Å². The molecule has 0 heterocycles. The van der Waals surface area contributed by atoms with Crippen molar-refractivity contribution in [2.45, 2.75) is 26.7 Å². The van der Waals surface area contributed by atoms with Gasteiger partial charge in [-0.2, -0.15) is 0 Å². The maximum absolute atomic E-state index is 5.62. The largest absolute Gasteiger partial charge is 0.490 e. The number of hydrogen-bond donors (Lipinski definition) is 1. The second-order valence-corrected chi connectivity index (χ2v) is 4.76. The summed E-state index contributed by atoms with van der Waals surface area (Å²) in [7, 11) is 0. The van der Waals surface area contributed by atoms with Gasteiger partial charge in [-0.3, -0.25) is 0 Å². The van der Waals surface area contributed by atoms with Crippen LogP contribution >= 0.6 is 12.2 Å². The Hall–Kier alpha value is -1.55. The zero-order valence-corrected chi connectivity index (χ0v) is 13.1. The summed E-state index contributed by atoms with van der Waals surface area (Å²) in [5, 5.41) is 3.16. The van der Waals surface area contributed by atoms with Crippen molar-refractivity contribution in [2.75, 3.05) is 19.8 Å². The molecule has 4 heteroatoms. The summed E-state index contributed by atoms with van der Waals surface area (Å²) in [6.07, 6.45) is 3.47. The van der Waals surface area contributed by atoms with E-state index in [0.717, 1.165) is 35.9 Å². The predicted octanol–water partition coefficient (Wildman–Crippen LogP) is 3.52. The molecule has 0 aromatic heterocycles. The van der Waals surface area contributed by atoms with E-state index in [1.165, 1.54) is 5.56 Å². The van der Waals surface area contributed by atoms with E-state index in [-0.39, 0.29) is 0 Å². The van der Waals surface area contributed by atoms with E-state index in [1.807, 2.05) is 26.0 Å². The van der Waals surface area contributed by atoms with Gasteiger partial charge in [0.1, 0.15) is 6.61 Å². The molecule has 20 heavy (non-hydrogen) atoms. The molecule has 0 aliphatic heterocycles. The van der Waals surface area contributed by atoms with E-state index in [4.69, 9.17) is 21.7 Å². The van der Waals surface area contributed by atoms with Crippen molar-refractivity contribution in [3.05, 3.63) is 36.4 Å². The molecule has 0 amide bonds. The fourth-order valence-corrected chi connectivity index (χ4v) is 2.03. The second kappa shape index (κ2) is 9.37. The molecule has 0 atom stereocenters. The van der Waals surface area contributed by atoms with Gasteiger partial charge in [-0.1, -0.05) is 30.9 Å². The molecule has 0 aliphatic carbocycles. The molecule has 0 radical (unpaired) electrons. The summed E-state index contributed by atoms with van der Waals surface area (Å²) >= 11 is 5.24. The number of nitrogens with one attached hydrogen (secondary N) is 1. The van der Waals surface area contributed by atoms with Gasteiger partial charge in [0.2, 0.25) is 0 Å². The molecule has 1 rings (SSSR count). The summed E-state index contributed by atoms with van der Waals surface area (Å²) in [6.45, 7) is 9.62. The average molecular weight is 293 g/mol.